The molecule has 1 aliphatic rings. The number of hydrogen-bond acceptors (Lipinski definition) is 4. The Morgan fingerprint density at radius 3 is 2.37 bits per heavy atom. The lowest BCUT2D eigenvalue weighted by Gasteiger charge is -2.40. The Hall–Kier alpha value is -3.02. The molecule has 0 unspecified atom stereocenters. The van der Waals surface area contributed by atoms with E-state index in [9.17, 15) is 4.79 Å². The van der Waals surface area contributed by atoms with Crippen LogP contribution in [0.4, 0.5) is 0 Å². The van der Waals surface area contributed by atoms with Crippen LogP contribution in [0.5, 0.6) is 11.5 Å². The molecule has 184 valence electrons. The van der Waals surface area contributed by atoms with E-state index in [0.29, 0.717) is 29.6 Å². The van der Waals surface area contributed by atoms with Crippen LogP contribution in [0, 0.1) is 0 Å². The minimum Gasteiger partial charge on any atom is -0.497 e. The van der Waals surface area contributed by atoms with Crippen molar-refractivity contribution in [3.63, 3.8) is 0 Å². The number of rotatable bonds is 9. The van der Waals surface area contributed by atoms with Gasteiger partial charge in [0.2, 0.25) is 0 Å². The van der Waals surface area contributed by atoms with E-state index >= 15 is 0 Å². The highest BCUT2D eigenvalue weighted by Gasteiger charge is 2.32. The van der Waals surface area contributed by atoms with E-state index in [-0.39, 0.29) is 11.9 Å². The smallest absolute Gasteiger partial charge is 0.254 e. The molecule has 0 radical (unpaired) electrons. The van der Waals surface area contributed by atoms with Crippen LogP contribution in [-0.4, -0.2) is 50.2 Å². The monoisotopic (exact) mass is 492 g/mol. The molecule has 3 aromatic carbocycles. The van der Waals surface area contributed by atoms with E-state index in [2.05, 4.69) is 35.6 Å². The molecule has 1 fully saturated rings. The molecule has 1 N–H and O–H groups in total. The number of nitrogens with zero attached hydrogens (tertiary/aromatic N) is 1. The average Bonchev–Trinajstić information content (AvgIpc) is 2.90. The molecule has 4 rings (SSSR count). The second kappa shape index (κ2) is 12.1. The van der Waals surface area contributed by atoms with Crippen LogP contribution in [-0.2, 0) is 12.8 Å². The van der Waals surface area contributed by atoms with Crippen molar-refractivity contribution in [2.45, 2.75) is 37.8 Å². The van der Waals surface area contributed by atoms with Gasteiger partial charge in [0.25, 0.3) is 5.91 Å². The van der Waals surface area contributed by atoms with Crippen LogP contribution in [0.15, 0.2) is 72.8 Å². The SMILES string of the molecule is COc1cc(OC)cc(C(=O)N2CC[C@H](NCCc3ccccc3Cl)C[C@@H]2Cc2ccccc2)c1. The van der Waals surface area contributed by atoms with Gasteiger partial charge in [0.1, 0.15) is 11.5 Å². The average molecular weight is 493 g/mol. The first-order chi connectivity index (χ1) is 17.1. The summed E-state index contributed by atoms with van der Waals surface area (Å²) in [6, 6.07) is 24.2. The van der Waals surface area contributed by atoms with Gasteiger partial charge in [-0.15, -0.1) is 0 Å². The number of likely N-dealkylation sites (tertiary alicyclic amines) is 1. The largest absolute Gasteiger partial charge is 0.497 e. The first-order valence-electron chi connectivity index (χ1n) is 12.1. The highest BCUT2D eigenvalue weighted by molar-refractivity contribution is 6.31. The second-order valence-electron chi connectivity index (χ2n) is 8.96. The van der Waals surface area contributed by atoms with Gasteiger partial charge in [0.15, 0.2) is 0 Å². The van der Waals surface area contributed by atoms with Gasteiger partial charge in [-0.05, 0) is 61.6 Å². The van der Waals surface area contributed by atoms with E-state index < -0.39 is 0 Å². The predicted octanol–water partition coefficient (Wildman–Crippen LogP) is 5.41. The number of carbonyl (C=O) groups is 1. The van der Waals surface area contributed by atoms with Gasteiger partial charge in [-0.3, -0.25) is 4.79 Å². The molecular formula is C29H33ClN2O3. The molecule has 5 nitrogen and oxygen atoms in total. The summed E-state index contributed by atoms with van der Waals surface area (Å²) in [5.74, 6) is 1.24. The third-order valence-corrected chi connectivity index (χ3v) is 7.04. The molecule has 2 atom stereocenters. The molecule has 1 heterocycles. The molecule has 6 heteroatoms. The molecule has 0 saturated carbocycles. The highest BCUT2D eigenvalue weighted by atomic mass is 35.5. The lowest BCUT2D eigenvalue weighted by Crippen LogP contribution is -2.52. The Balaban J connectivity index is 1.48. The molecule has 0 spiro atoms. The topological polar surface area (TPSA) is 50.8 Å². The van der Waals surface area contributed by atoms with Crippen molar-refractivity contribution in [3.05, 3.63) is 94.5 Å². The number of nitrogens with one attached hydrogen (secondary N) is 1. The van der Waals surface area contributed by atoms with Gasteiger partial charge in [0, 0.05) is 35.3 Å². The fourth-order valence-corrected chi connectivity index (χ4v) is 5.02. The molecule has 35 heavy (non-hydrogen) atoms. The van der Waals surface area contributed by atoms with E-state index in [0.717, 1.165) is 42.8 Å². The number of piperidine rings is 1. The maximum atomic E-state index is 13.7. The van der Waals surface area contributed by atoms with Crippen LogP contribution in [0.2, 0.25) is 5.02 Å². The van der Waals surface area contributed by atoms with Gasteiger partial charge in [0.05, 0.1) is 14.2 Å². The zero-order valence-corrected chi connectivity index (χ0v) is 21.1. The molecular weight excluding hydrogens is 460 g/mol. The molecule has 0 aromatic heterocycles. The van der Waals surface area contributed by atoms with E-state index in [4.69, 9.17) is 21.1 Å². The minimum atomic E-state index is 0.0117. The first kappa shape index (κ1) is 25.1. The lowest BCUT2D eigenvalue weighted by molar-refractivity contribution is 0.0577. The summed E-state index contributed by atoms with van der Waals surface area (Å²) >= 11 is 6.32. The third kappa shape index (κ3) is 6.56. The molecule has 1 saturated heterocycles. The quantitative estimate of drug-likeness (QED) is 0.434. The summed E-state index contributed by atoms with van der Waals surface area (Å²) in [4.78, 5) is 15.7. The lowest BCUT2D eigenvalue weighted by atomic mass is 9.91. The van der Waals surface area contributed by atoms with Crippen molar-refractivity contribution in [2.75, 3.05) is 27.3 Å². The van der Waals surface area contributed by atoms with Gasteiger partial charge >= 0.3 is 0 Å². The van der Waals surface area contributed by atoms with Gasteiger partial charge in [-0.1, -0.05) is 60.1 Å². The Labute approximate surface area is 213 Å². The summed E-state index contributed by atoms with van der Waals surface area (Å²) in [5, 5.41) is 4.52. The molecule has 1 amide bonds. The Morgan fingerprint density at radius 1 is 1.00 bits per heavy atom. The number of carbonyl (C=O) groups excluding carboxylic acids is 1. The van der Waals surface area contributed by atoms with Crippen LogP contribution in [0.1, 0.15) is 34.3 Å². The van der Waals surface area contributed by atoms with Gasteiger partial charge in [-0.2, -0.15) is 0 Å². The zero-order chi connectivity index (χ0) is 24.6. The number of methoxy groups -OCH3 is 2. The summed E-state index contributed by atoms with van der Waals surface area (Å²) < 4.78 is 10.8. The van der Waals surface area contributed by atoms with Crippen molar-refractivity contribution in [1.29, 1.82) is 0 Å². The summed E-state index contributed by atoms with van der Waals surface area (Å²) in [7, 11) is 3.20. The van der Waals surface area contributed by atoms with Gasteiger partial charge in [-0.25, -0.2) is 0 Å². The maximum absolute atomic E-state index is 13.7. The summed E-state index contributed by atoms with van der Waals surface area (Å²) in [6.45, 7) is 1.55. The van der Waals surface area contributed by atoms with Crippen LogP contribution >= 0.6 is 11.6 Å². The first-order valence-corrected chi connectivity index (χ1v) is 12.5. The van der Waals surface area contributed by atoms with Crippen molar-refractivity contribution in [2.24, 2.45) is 0 Å². The number of ether oxygens (including phenoxy) is 2. The van der Waals surface area contributed by atoms with E-state index in [1.165, 1.54) is 5.56 Å². The Kier molecular flexibility index (Phi) is 8.67. The van der Waals surface area contributed by atoms with Gasteiger partial charge < -0.3 is 19.7 Å². The van der Waals surface area contributed by atoms with Crippen LogP contribution in [0.3, 0.4) is 0 Å². The van der Waals surface area contributed by atoms with Crippen LogP contribution in [0.25, 0.3) is 0 Å². The second-order valence-corrected chi connectivity index (χ2v) is 9.37. The Bertz CT molecular complexity index is 1100. The van der Waals surface area contributed by atoms with Crippen molar-refractivity contribution in [1.82, 2.24) is 10.2 Å². The standard InChI is InChI=1S/C29H33ClN2O3/c1-34-26-17-23(18-27(20-26)35-2)29(33)32-15-13-24(19-25(32)16-21-8-4-3-5-9-21)31-14-12-22-10-6-7-11-28(22)30/h3-11,17-18,20,24-25,31H,12-16,19H2,1-2H3/t24-,25-/m0/s1. The molecule has 1 aliphatic heterocycles. The number of amides is 1. The molecule has 3 aromatic rings. The highest BCUT2D eigenvalue weighted by Crippen LogP contribution is 2.28. The maximum Gasteiger partial charge on any atom is 0.254 e. The number of halogens is 1. The van der Waals surface area contributed by atoms with Crippen molar-refractivity contribution < 1.29 is 14.3 Å². The molecule has 0 aliphatic carbocycles. The van der Waals surface area contributed by atoms with Crippen molar-refractivity contribution in [3.8, 4) is 11.5 Å². The normalized spacial score (nSPS) is 17.7. The van der Waals surface area contributed by atoms with Crippen LogP contribution < -0.4 is 14.8 Å². The fraction of sp³-hybridized carbons (Fsp3) is 0.345. The fourth-order valence-electron chi connectivity index (χ4n) is 4.79. The van der Waals surface area contributed by atoms with E-state index in [1.54, 1.807) is 32.4 Å². The number of benzene rings is 3. The van der Waals surface area contributed by atoms with Crippen molar-refractivity contribution >= 4 is 17.5 Å². The predicted molar refractivity (Wildman–Crippen MR) is 141 cm³/mol. The third-order valence-electron chi connectivity index (χ3n) is 6.67. The minimum absolute atomic E-state index is 0.0117. The summed E-state index contributed by atoms with van der Waals surface area (Å²) in [5.41, 5.74) is 2.97. The molecule has 0 bridgehead atoms. The van der Waals surface area contributed by atoms with E-state index in [1.807, 2.05) is 29.2 Å². The zero-order valence-electron chi connectivity index (χ0n) is 20.4. The summed E-state index contributed by atoms with van der Waals surface area (Å²) in [6.07, 6.45) is 3.49. The Morgan fingerprint density at radius 2 is 1.69 bits per heavy atom. The number of hydrogen-bond donors (Lipinski definition) is 1.